The Morgan fingerprint density at radius 1 is 1.00 bits per heavy atom. The maximum Gasteiger partial charge on any atom is 0.417 e. The summed E-state index contributed by atoms with van der Waals surface area (Å²) in [7, 11) is 3.25. The van der Waals surface area contributed by atoms with Gasteiger partial charge in [-0.2, -0.15) is 13.2 Å². The van der Waals surface area contributed by atoms with Crippen molar-refractivity contribution in [2.45, 2.75) is 6.18 Å². The van der Waals surface area contributed by atoms with Crippen molar-refractivity contribution in [3.8, 4) is 0 Å². The van der Waals surface area contributed by atoms with Gasteiger partial charge in [-0.25, -0.2) is 4.79 Å². The Balaban J connectivity index is 2.11. The second-order valence-electron chi connectivity index (χ2n) is 5.50. The molecular formula is C15H18F3N3O2. The van der Waals surface area contributed by atoms with Crippen molar-refractivity contribution in [3.05, 3.63) is 35.4 Å². The number of alkyl halides is 3. The lowest BCUT2D eigenvalue weighted by molar-refractivity contribution is -0.138. The number of hydrogen-bond acceptors (Lipinski definition) is 2. The number of nitrogens with zero attached hydrogens (tertiary/aromatic N) is 3. The summed E-state index contributed by atoms with van der Waals surface area (Å²) in [6.07, 6.45) is -4.57. The van der Waals surface area contributed by atoms with Crippen molar-refractivity contribution in [2.24, 2.45) is 0 Å². The zero-order valence-electron chi connectivity index (χ0n) is 12.9. The van der Waals surface area contributed by atoms with E-state index in [1.807, 2.05) is 0 Å². The number of urea groups is 1. The van der Waals surface area contributed by atoms with Crippen LogP contribution < -0.4 is 0 Å². The first-order chi connectivity index (χ1) is 10.7. The van der Waals surface area contributed by atoms with E-state index in [4.69, 9.17) is 0 Å². The molecule has 1 aliphatic heterocycles. The van der Waals surface area contributed by atoms with Gasteiger partial charge in [0, 0.05) is 40.3 Å². The van der Waals surface area contributed by atoms with Gasteiger partial charge in [0.1, 0.15) is 0 Å². The summed E-state index contributed by atoms with van der Waals surface area (Å²) in [5.41, 5.74) is -1.29. The fourth-order valence-electron chi connectivity index (χ4n) is 2.47. The second-order valence-corrected chi connectivity index (χ2v) is 5.50. The lowest BCUT2D eigenvalue weighted by Gasteiger charge is -2.36. The SMILES string of the molecule is CN(C)C(=O)N1CCN(C(=O)c2ccccc2C(F)(F)F)CC1. The summed E-state index contributed by atoms with van der Waals surface area (Å²) >= 11 is 0. The van der Waals surface area contributed by atoms with Gasteiger partial charge in [-0.3, -0.25) is 4.79 Å². The number of amides is 3. The van der Waals surface area contributed by atoms with Gasteiger partial charge >= 0.3 is 12.2 Å². The first kappa shape index (κ1) is 17.1. The molecule has 0 saturated carbocycles. The van der Waals surface area contributed by atoms with Gasteiger partial charge in [0.2, 0.25) is 0 Å². The van der Waals surface area contributed by atoms with E-state index in [9.17, 15) is 22.8 Å². The maximum atomic E-state index is 13.0. The lowest BCUT2D eigenvalue weighted by atomic mass is 10.1. The molecule has 0 aromatic heterocycles. The third-order valence-corrected chi connectivity index (χ3v) is 3.68. The quantitative estimate of drug-likeness (QED) is 0.792. The molecule has 1 aromatic carbocycles. The Hall–Kier alpha value is -2.25. The van der Waals surface area contributed by atoms with Crippen molar-refractivity contribution in [3.63, 3.8) is 0 Å². The van der Waals surface area contributed by atoms with Crippen LogP contribution in [0.1, 0.15) is 15.9 Å². The molecule has 126 valence electrons. The molecule has 0 bridgehead atoms. The number of piperazine rings is 1. The highest BCUT2D eigenvalue weighted by Crippen LogP contribution is 2.32. The molecule has 0 radical (unpaired) electrons. The van der Waals surface area contributed by atoms with E-state index in [-0.39, 0.29) is 24.7 Å². The monoisotopic (exact) mass is 329 g/mol. The smallest absolute Gasteiger partial charge is 0.335 e. The third kappa shape index (κ3) is 3.75. The Morgan fingerprint density at radius 2 is 1.52 bits per heavy atom. The summed E-state index contributed by atoms with van der Waals surface area (Å²) in [5.74, 6) is -0.658. The largest absolute Gasteiger partial charge is 0.417 e. The molecule has 0 atom stereocenters. The summed E-state index contributed by atoms with van der Waals surface area (Å²) in [4.78, 5) is 28.6. The van der Waals surface area contributed by atoms with Crippen molar-refractivity contribution < 1.29 is 22.8 Å². The van der Waals surface area contributed by atoms with Crippen LogP contribution in [-0.2, 0) is 6.18 Å². The maximum absolute atomic E-state index is 13.0. The highest BCUT2D eigenvalue weighted by atomic mass is 19.4. The minimum Gasteiger partial charge on any atom is -0.335 e. The van der Waals surface area contributed by atoms with Gasteiger partial charge in [0.05, 0.1) is 11.1 Å². The number of hydrogen-bond donors (Lipinski definition) is 0. The van der Waals surface area contributed by atoms with Crippen molar-refractivity contribution in [2.75, 3.05) is 40.3 Å². The molecule has 0 aliphatic carbocycles. The van der Waals surface area contributed by atoms with E-state index >= 15 is 0 Å². The van der Waals surface area contributed by atoms with Gasteiger partial charge in [-0.15, -0.1) is 0 Å². The zero-order chi connectivity index (χ0) is 17.2. The Morgan fingerprint density at radius 3 is 2.04 bits per heavy atom. The van der Waals surface area contributed by atoms with Crippen LogP contribution in [0.5, 0.6) is 0 Å². The van der Waals surface area contributed by atoms with Crippen LogP contribution in [0.3, 0.4) is 0 Å². The van der Waals surface area contributed by atoms with Crippen LogP contribution in [0.4, 0.5) is 18.0 Å². The average molecular weight is 329 g/mol. The highest BCUT2D eigenvalue weighted by molar-refractivity contribution is 5.96. The summed E-state index contributed by atoms with van der Waals surface area (Å²) in [6.45, 7) is 1.03. The molecule has 0 spiro atoms. The summed E-state index contributed by atoms with van der Waals surface area (Å²) < 4.78 is 39.0. The van der Waals surface area contributed by atoms with E-state index in [0.29, 0.717) is 13.1 Å². The first-order valence-electron chi connectivity index (χ1n) is 7.13. The molecule has 1 aromatic rings. The molecule has 8 heteroatoms. The molecule has 1 saturated heterocycles. The molecule has 0 N–H and O–H groups in total. The molecule has 1 aliphatic rings. The second kappa shape index (κ2) is 6.47. The molecule has 3 amide bonds. The van der Waals surface area contributed by atoms with Crippen molar-refractivity contribution >= 4 is 11.9 Å². The molecule has 1 heterocycles. The van der Waals surface area contributed by atoms with Crippen LogP contribution in [0.25, 0.3) is 0 Å². The Kier molecular flexibility index (Phi) is 4.82. The molecule has 0 unspecified atom stereocenters. The standard InChI is InChI=1S/C15H18F3N3O2/c1-19(2)14(23)21-9-7-20(8-10-21)13(22)11-5-3-4-6-12(11)15(16,17)18/h3-6H,7-10H2,1-2H3. The minimum atomic E-state index is -4.57. The normalized spacial score (nSPS) is 15.5. The number of halogens is 3. The number of rotatable bonds is 1. The predicted octanol–water partition coefficient (Wildman–Crippen LogP) is 2.14. The van der Waals surface area contributed by atoms with Crippen molar-refractivity contribution in [1.29, 1.82) is 0 Å². The van der Waals surface area contributed by atoms with Crippen LogP contribution >= 0.6 is 0 Å². The van der Waals surface area contributed by atoms with E-state index in [1.165, 1.54) is 28.0 Å². The van der Waals surface area contributed by atoms with Crippen molar-refractivity contribution in [1.82, 2.24) is 14.7 Å². The Labute approximate surface area is 132 Å². The predicted molar refractivity (Wildman–Crippen MR) is 78.0 cm³/mol. The minimum absolute atomic E-state index is 0.173. The molecular weight excluding hydrogens is 311 g/mol. The topological polar surface area (TPSA) is 43.9 Å². The van der Waals surface area contributed by atoms with E-state index < -0.39 is 17.6 Å². The fourth-order valence-corrected chi connectivity index (χ4v) is 2.47. The molecule has 2 rings (SSSR count). The van der Waals surface area contributed by atoms with Crippen LogP contribution in [0, 0.1) is 0 Å². The number of carbonyl (C=O) groups is 2. The van der Waals surface area contributed by atoms with E-state index in [2.05, 4.69) is 0 Å². The van der Waals surface area contributed by atoms with Gasteiger partial charge in [0.15, 0.2) is 0 Å². The summed E-state index contributed by atoms with van der Waals surface area (Å²) in [6, 6.07) is 4.58. The van der Waals surface area contributed by atoms with E-state index in [0.717, 1.165) is 6.07 Å². The lowest BCUT2D eigenvalue weighted by Crippen LogP contribution is -2.53. The van der Waals surface area contributed by atoms with Gasteiger partial charge < -0.3 is 14.7 Å². The third-order valence-electron chi connectivity index (χ3n) is 3.68. The van der Waals surface area contributed by atoms with E-state index in [1.54, 1.807) is 19.0 Å². The summed E-state index contributed by atoms with van der Waals surface area (Å²) in [5, 5.41) is 0. The Bertz CT molecular complexity index is 594. The van der Waals surface area contributed by atoms with Gasteiger partial charge in [0.25, 0.3) is 5.91 Å². The van der Waals surface area contributed by atoms with Crippen LogP contribution in [0.15, 0.2) is 24.3 Å². The zero-order valence-corrected chi connectivity index (χ0v) is 12.9. The van der Waals surface area contributed by atoms with Crippen LogP contribution in [0.2, 0.25) is 0 Å². The molecule has 23 heavy (non-hydrogen) atoms. The van der Waals surface area contributed by atoms with Gasteiger partial charge in [-0.1, -0.05) is 12.1 Å². The molecule has 5 nitrogen and oxygen atoms in total. The number of carbonyl (C=O) groups excluding carboxylic acids is 2. The molecule has 1 fully saturated rings. The first-order valence-corrected chi connectivity index (χ1v) is 7.13. The van der Waals surface area contributed by atoms with Crippen LogP contribution in [-0.4, -0.2) is 66.9 Å². The fraction of sp³-hybridized carbons (Fsp3) is 0.467. The van der Waals surface area contributed by atoms with Gasteiger partial charge in [-0.05, 0) is 12.1 Å². The average Bonchev–Trinajstić information content (AvgIpc) is 2.52. The number of benzene rings is 1. The highest BCUT2D eigenvalue weighted by Gasteiger charge is 2.36.